The van der Waals surface area contributed by atoms with E-state index in [9.17, 15) is 0 Å². The van der Waals surface area contributed by atoms with E-state index in [1.807, 2.05) is 18.8 Å². The topological polar surface area (TPSA) is 29.9 Å². The molecular weight excluding hydrogens is 162 g/mol. The van der Waals surface area contributed by atoms with Crippen molar-refractivity contribution in [3.8, 4) is 0 Å². The largest absolute Gasteiger partial charge is 0.319 e. The molecular formula is C10H17N3. The third-order valence-corrected chi connectivity index (χ3v) is 2.62. The summed E-state index contributed by atoms with van der Waals surface area (Å²) in [7, 11) is 4.02. The van der Waals surface area contributed by atoms with Gasteiger partial charge in [0, 0.05) is 31.6 Å². The Labute approximate surface area is 79.1 Å². The molecule has 0 unspecified atom stereocenters. The number of aromatic nitrogens is 2. The normalized spacial score (nSPS) is 16.5. The lowest BCUT2D eigenvalue weighted by Crippen LogP contribution is -2.12. The van der Waals surface area contributed by atoms with Gasteiger partial charge in [-0.3, -0.25) is 4.68 Å². The summed E-state index contributed by atoms with van der Waals surface area (Å²) in [5.74, 6) is 0.773. The van der Waals surface area contributed by atoms with E-state index in [-0.39, 0.29) is 0 Å². The third kappa shape index (κ3) is 1.91. The summed E-state index contributed by atoms with van der Waals surface area (Å²) >= 11 is 0. The Hall–Kier alpha value is -0.830. The Morgan fingerprint density at radius 3 is 3.00 bits per heavy atom. The van der Waals surface area contributed by atoms with Crippen molar-refractivity contribution in [2.75, 3.05) is 13.6 Å². The zero-order chi connectivity index (χ0) is 9.26. The summed E-state index contributed by atoms with van der Waals surface area (Å²) in [6.45, 7) is 1.03. The van der Waals surface area contributed by atoms with Crippen LogP contribution in [-0.4, -0.2) is 23.4 Å². The summed E-state index contributed by atoms with van der Waals surface area (Å²) in [6, 6.07) is 2.26. The summed E-state index contributed by atoms with van der Waals surface area (Å²) in [6.07, 6.45) is 3.75. The molecule has 3 heteroatoms. The van der Waals surface area contributed by atoms with Crippen LogP contribution in [0.25, 0.3) is 0 Å². The van der Waals surface area contributed by atoms with Gasteiger partial charge in [-0.1, -0.05) is 0 Å². The zero-order valence-corrected chi connectivity index (χ0v) is 8.38. The highest BCUT2D eigenvalue weighted by molar-refractivity contribution is 5.18. The van der Waals surface area contributed by atoms with E-state index in [1.54, 1.807) is 0 Å². The average Bonchev–Trinajstić information content (AvgIpc) is 2.89. The van der Waals surface area contributed by atoms with Crippen LogP contribution in [0.3, 0.4) is 0 Å². The minimum absolute atomic E-state index is 0.773. The SMILES string of the molecule is CNCCc1cc(C2CC2)nn1C. The van der Waals surface area contributed by atoms with Gasteiger partial charge in [-0.15, -0.1) is 0 Å². The maximum atomic E-state index is 4.51. The molecule has 72 valence electrons. The molecule has 1 aliphatic rings. The van der Waals surface area contributed by atoms with Gasteiger partial charge in [-0.2, -0.15) is 5.10 Å². The predicted molar refractivity (Wildman–Crippen MR) is 52.8 cm³/mol. The molecule has 1 fully saturated rings. The molecule has 13 heavy (non-hydrogen) atoms. The third-order valence-electron chi connectivity index (χ3n) is 2.62. The maximum absolute atomic E-state index is 4.51. The van der Waals surface area contributed by atoms with Crippen LogP contribution in [0.1, 0.15) is 30.1 Å². The van der Waals surface area contributed by atoms with Crippen molar-refractivity contribution in [3.05, 3.63) is 17.5 Å². The van der Waals surface area contributed by atoms with E-state index in [0.717, 1.165) is 18.9 Å². The van der Waals surface area contributed by atoms with E-state index in [0.29, 0.717) is 0 Å². The van der Waals surface area contributed by atoms with Gasteiger partial charge in [0.2, 0.25) is 0 Å². The number of rotatable bonds is 4. The first kappa shape index (κ1) is 8.75. The van der Waals surface area contributed by atoms with Crippen LogP contribution < -0.4 is 5.32 Å². The molecule has 2 rings (SSSR count). The lowest BCUT2D eigenvalue weighted by atomic mass is 10.2. The van der Waals surface area contributed by atoms with E-state index in [1.165, 1.54) is 24.2 Å². The lowest BCUT2D eigenvalue weighted by molar-refractivity contribution is 0.673. The van der Waals surface area contributed by atoms with Crippen molar-refractivity contribution in [2.45, 2.75) is 25.2 Å². The fourth-order valence-corrected chi connectivity index (χ4v) is 1.60. The maximum Gasteiger partial charge on any atom is 0.0658 e. The number of nitrogens with one attached hydrogen (secondary N) is 1. The van der Waals surface area contributed by atoms with Crippen LogP contribution in [0.2, 0.25) is 0 Å². The monoisotopic (exact) mass is 179 g/mol. The number of likely N-dealkylation sites (N-methyl/N-ethyl adjacent to an activating group) is 1. The quantitative estimate of drug-likeness (QED) is 0.749. The Kier molecular flexibility index (Phi) is 2.36. The Morgan fingerprint density at radius 1 is 1.62 bits per heavy atom. The molecule has 0 spiro atoms. The molecule has 1 aromatic heterocycles. The van der Waals surface area contributed by atoms with Gasteiger partial charge in [-0.05, 0) is 26.0 Å². The number of hydrogen-bond acceptors (Lipinski definition) is 2. The molecule has 0 radical (unpaired) electrons. The first-order valence-corrected chi connectivity index (χ1v) is 4.98. The van der Waals surface area contributed by atoms with Gasteiger partial charge >= 0.3 is 0 Å². The van der Waals surface area contributed by atoms with E-state index >= 15 is 0 Å². The van der Waals surface area contributed by atoms with Crippen molar-refractivity contribution in [2.24, 2.45) is 7.05 Å². The summed E-state index contributed by atoms with van der Waals surface area (Å²) in [5, 5.41) is 7.67. The second-order valence-electron chi connectivity index (χ2n) is 3.81. The molecule has 0 atom stereocenters. The Morgan fingerprint density at radius 2 is 2.38 bits per heavy atom. The van der Waals surface area contributed by atoms with Crippen LogP contribution in [0, 0.1) is 0 Å². The van der Waals surface area contributed by atoms with Gasteiger partial charge in [0.15, 0.2) is 0 Å². The Bertz CT molecular complexity index is 286. The first-order valence-electron chi connectivity index (χ1n) is 4.98. The molecule has 1 aliphatic carbocycles. The van der Waals surface area contributed by atoms with Crippen LogP contribution in [-0.2, 0) is 13.5 Å². The van der Waals surface area contributed by atoms with Crippen LogP contribution >= 0.6 is 0 Å². The van der Waals surface area contributed by atoms with E-state index in [2.05, 4.69) is 16.5 Å². The van der Waals surface area contributed by atoms with Crippen molar-refractivity contribution < 1.29 is 0 Å². The molecule has 1 aromatic rings. The van der Waals surface area contributed by atoms with Crippen molar-refractivity contribution in [1.82, 2.24) is 15.1 Å². The summed E-state index contributed by atoms with van der Waals surface area (Å²) in [4.78, 5) is 0. The summed E-state index contributed by atoms with van der Waals surface area (Å²) < 4.78 is 2.02. The number of hydrogen-bond donors (Lipinski definition) is 1. The molecule has 1 heterocycles. The highest BCUT2D eigenvalue weighted by Gasteiger charge is 2.26. The number of nitrogens with zero attached hydrogens (tertiary/aromatic N) is 2. The molecule has 1 saturated carbocycles. The summed E-state index contributed by atoms with van der Waals surface area (Å²) in [5.41, 5.74) is 2.64. The molecule has 0 aromatic carbocycles. The molecule has 0 amide bonds. The highest BCUT2D eigenvalue weighted by atomic mass is 15.3. The van der Waals surface area contributed by atoms with Gasteiger partial charge in [0.05, 0.1) is 5.69 Å². The smallest absolute Gasteiger partial charge is 0.0658 e. The van der Waals surface area contributed by atoms with Crippen molar-refractivity contribution in [3.63, 3.8) is 0 Å². The second kappa shape index (κ2) is 3.50. The molecule has 0 bridgehead atoms. The van der Waals surface area contributed by atoms with Crippen LogP contribution in [0.5, 0.6) is 0 Å². The second-order valence-corrected chi connectivity index (χ2v) is 3.81. The molecule has 0 saturated heterocycles. The minimum atomic E-state index is 0.773. The molecule has 1 N–H and O–H groups in total. The lowest BCUT2D eigenvalue weighted by Gasteiger charge is -1.99. The van der Waals surface area contributed by atoms with Gasteiger partial charge < -0.3 is 5.32 Å². The van der Waals surface area contributed by atoms with Crippen molar-refractivity contribution in [1.29, 1.82) is 0 Å². The Balaban J connectivity index is 2.06. The number of aryl methyl sites for hydroxylation is 1. The fourth-order valence-electron chi connectivity index (χ4n) is 1.60. The van der Waals surface area contributed by atoms with E-state index < -0.39 is 0 Å². The van der Waals surface area contributed by atoms with Crippen LogP contribution in [0.15, 0.2) is 6.07 Å². The van der Waals surface area contributed by atoms with Gasteiger partial charge in [0.1, 0.15) is 0 Å². The highest BCUT2D eigenvalue weighted by Crippen LogP contribution is 2.39. The van der Waals surface area contributed by atoms with Crippen LogP contribution in [0.4, 0.5) is 0 Å². The zero-order valence-electron chi connectivity index (χ0n) is 8.38. The van der Waals surface area contributed by atoms with Crippen molar-refractivity contribution >= 4 is 0 Å². The minimum Gasteiger partial charge on any atom is -0.319 e. The average molecular weight is 179 g/mol. The predicted octanol–water partition coefficient (Wildman–Crippen LogP) is 1.06. The fraction of sp³-hybridized carbons (Fsp3) is 0.700. The van der Waals surface area contributed by atoms with Gasteiger partial charge in [0.25, 0.3) is 0 Å². The standard InChI is InChI=1S/C10H17N3/c1-11-6-5-9-7-10(8-3-4-8)12-13(9)2/h7-8,11H,3-6H2,1-2H3. The first-order chi connectivity index (χ1) is 6.31. The van der Waals surface area contributed by atoms with E-state index in [4.69, 9.17) is 0 Å². The van der Waals surface area contributed by atoms with Gasteiger partial charge in [-0.25, -0.2) is 0 Å². The molecule has 3 nitrogen and oxygen atoms in total. The molecule has 0 aliphatic heterocycles.